The van der Waals surface area contributed by atoms with Gasteiger partial charge in [-0.1, -0.05) is 13.8 Å². The number of rotatable bonds is 6. The van der Waals surface area contributed by atoms with E-state index in [-0.39, 0.29) is 18.1 Å². The summed E-state index contributed by atoms with van der Waals surface area (Å²) >= 11 is 0. The standard InChI is InChI=1S/C21H41N5O3/c1-16(2)18(24-20(27)29-21(3,4)5)13-23-19(22-6)26-8-7-17(15-26)14-25-9-11-28-12-10-25/h16-18H,7-15H2,1-6H3,(H,22,23)(H,24,27). The summed E-state index contributed by atoms with van der Waals surface area (Å²) in [5, 5.41) is 6.45. The van der Waals surface area contributed by atoms with Gasteiger partial charge in [-0.2, -0.15) is 0 Å². The molecule has 2 heterocycles. The van der Waals surface area contributed by atoms with Gasteiger partial charge in [-0.15, -0.1) is 0 Å². The average Bonchev–Trinajstić information content (AvgIpc) is 3.08. The molecule has 0 aliphatic carbocycles. The highest BCUT2D eigenvalue weighted by atomic mass is 16.6. The third-order valence-electron chi connectivity index (χ3n) is 5.40. The van der Waals surface area contributed by atoms with E-state index >= 15 is 0 Å². The lowest BCUT2D eigenvalue weighted by Crippen LogP contribution is -2.50. The van der Waals surface area contributed by atoms with Crippen LogP contribution in [0.25, 0.3) is 0 Å². The van der Waals surface area contributed by atoms with Crippen LogP contribution in [0.1, 0.15) is 41.0 Å². The van der Waals surface area contributed by atoms with Crippen molar-refractivity contribution in [3.8, 4) is 0 Å². The second-order valence-electron chi connectivity index (χ2n) is 9.44. The Hall–Kier alpha value is -1.54. The second kappa shape index (κ2) is 11.0. The molecule has 0 radical (unpaired) electrons. The van der Waals surface area contributed by atoms with Crippen LogP contribution < -0.4 is 10.6 Å². The van der Waals surface area contributed by atoms with Gasteiger partial charge in [0.1, 0.15) is 5.60 Å². The van der Waals surface area contributed by atoms with Crippen LogP contribution in [0.3, 0.4) is 0 Å². The number of amides is 1. The van der Waals surface area contributed by atoms with Gasteiger partial charge in [-0.25, -0.2) is 4.79 Å². The molecule has 2 atom stereocenters. The molecule has 0 aromatic rings. The van der Waals surface area contributed by atoms with Crippen molar-refractivity contribution in [3.05, 3.63) is 0 Å². The molecular weight excluding hydrogens is 370 g/mol. The van der Waals surface area contributed by atoms with Gasteiger partial charge in [0.05, 0.1) is 19.3 Å². The Bertz CT molecular complexity index is 541. The Morgan fingerprint density at radius 3 is 2.52 bits per heavy atom. The fourth-order valence-electron chi connectivity index (χ4n) is 3.77. The minimum absolute atomic E-state index is 0.0339. The molecule has 8 nitrogen and oxygen atoms in total. The third-order valence-corrected chi connectivity index (χ3v) is 5.40. The van der Waals surface area contributed by atoms with Gasteiger partial charge in [-0.3, -0.25) is 9.89 Å². The van der Waals surface area contributed by atoms with Crippen molar-refractivity contribution >= 4 is 12.1 Å². The summed E-state index contributed by atoms with van der Waals surface area (Å²) in [5.41, 5.74) is -0.500. The molecule has 0 spiro atoms. The Kier molecular flexibility index (Phi) is 9.02. The van der Waals surface area contributed by atoms with Gasteiger partial charge < -0.3 is 25.0 Å². The third kappa shape index (κ3) is 8.38. The van der Waals surface area contributed by atoms with Crippen molar-refractivity contribution in [1.82, 2.24) is 20.4 Å². The molecule has 0 aromatic carbocycles. The van der Waals surface area contributed by atoms with E-state index in [0.717, 1.165) is 51.9 Å². The number of aliphatic imine (C=N–C) groups is 1. The zero-order chi connectivity index (χ0) is 21.4. The predicted molar refractivity (Wildman–Crippen MR) is 116 cm³/mol. The fraction of sp³-hybridized carbons (Fsp3) is 0.905. The van der Waals surface area contributed by atoms with Crippen LogP contribution in [-0.4, -0.2) is 93.0 Å². The van der Waals surface area contributed by atoms with E-state index in [1.165, 1.54) is 6.42 Å². The van der Waals surface area contributed by atoms with Crippen LogP contribution in [0.15, 0.2) is 4.99 Å². The average molecular weight is 412 g/mol. The van der Waals surface area contributed by atoms with Gasteiger partial charge in [-0.05, 0) is 39.0 Å². The summed E-state index contributed by atoms with van der Waals surface area (Å²) in [6, 6.07) is -0.0339. The summed E-state index contributed by atoms with van der Waals surface area (Å²) in [7, 11) is 1.82. The summed E-state index contributed by atoms with van der Waals surface area (Å²) in [6.07, 6.45) is 0.807. The Balaban J connectivity index is 1.81. The van der Waals surface area contributed by atoms with E-state index in [9.17, 15) is 4.79 Å². The first-order valence-corrected chi connectivity index (χ1v) is 10.9. The van der Waals surface area contributed by atoms with Crippen LogP contribution in [0.2, 0.25) is 0 Å². The Labute approximate surface area is 176 Å². The molecule has 2 saturated heterocycles. The number of carbonyl (C=O) groups is 1. The van der Waals surface area contributed by atoms with Crippen molar-refractivity contribution < 1.29 is 14.3 Å². The topological polar surface area (TPSA) is 78.4 Å². The molecule has 2 rings (SSSR count). The highest BCUT2D eigenvalue weighted by Gasteiger charge is 2.28. The number of hydrogen-bond acceptors (Lipinski definition) is 5. The molecular formula is C21H41N5O3. The highest BCUT2D eigenvalue weighted by Crippen LogP contribution is 2.18. The van der Waals surface area contributed by atoms with Gasteiger partial charge in [0.25, 0.3) is 0 Å². The highest BCUT2D eigenvalue weighted by molar-refractivity contribution is 5.80. The molecule has 29 heavy (non-hydrogen) atoms. The quantitative estimate of drug-likeness (QED) is 0.512. The maximum absolute atomic E-state index is 12.2. The van der Waals surface area contributed by atoms with Crippen molar-refractivity contribution in [2.45, 2.75) is 52.7 Å². The van der Waals surface area contributed by atoms with Gasteiger partial charge in [0.2, 0.25) is 0 Å². The van der Waals surface area contributed by atoms with Crippen LogP contribution in [0, 0.1) is 11.8 Å². The molecule has 168 valence electrons. The number of hydrogen-bond donors (Lipinski definition) is 2. The Morgan fingerprint density at radius 1 is 1.24 bits per heavy atom. The summed E-state index contributed by atoms with van der Waals surface area (Å²) in [6.45, 7) is 17.4. The molecule has 2 fully saturated rings. The number of ether oxygens (including phenoxy) is 2. The lowest BCUT2D eigenvalue weighted by atomic mass is 10.0. The summed E-state index contributed by atoms with van der Waals surface area (Å²) < 4.78 is 10.9. The molecule has 2 N–H and O–H groups in total. The van der Waals surface area contributed by atoms with E-state index in [1.807, 2.05) is 27.8 Å². The number of nitrogens with zero attached hydrogens (tertiary/aromatic N) is 3. The first-order chi connectivity index (χ1) is 13.7. The van der Waals surface area contributed by atoms with Crippen molar-refractivity contribution in [1.29, 1.82) is 0 Å². The van der Waals surface area contributed by atoms with Crippen molar-refractivity contribution in [2.24, 2.45) is 16.8 Å². The number of alkyl carbamates (subject to hydrolysis) is 1. The number of nitrogens with one attached hydrogen (secondary N) is 2. The smallest absolute Gasteiger partial charge is 0.407 e. The monoisotopic (exact) mass is 411 g/mol. The molecule has 2 aliphatic heterocycles. The SMILES string of the molecule is CN=C(NCC(NC(=O)OC(C)(C)C)C(C)C)N1CCC(CN2CCOCC2)C1. The lowest BCUT2D eigenvalue weighted by Gasteiger charge is -2.30. The maximum Gasteiger partial charge on any atom is 0.407 e. The normalized spacial score (nSPS) is 22.7. The molecule has 2 aliphatic rings. The van der Waals surface area contributed by atoms with E-state index < -0.39 is 5.60 Å². The Morgan fingerprint density at radius 2 is 1.93 bits per heavy atom. The fourth-order valence-corrected chi connectivity index (χ4v) is 3.77. The number of guanidine groups is 1. The first kappa shape index (κ1) is 23.7. The van der Waals surface area contributed by atoms with Gasteiger partial charge >= 0.3 is 6.09 Å². The maximum atomic E-state index is 12.2. The van der Waals surface area contributed by atoms with Crippen LogP contribution in [0.5, 0.6) is 0 Å². The number of carbonyl (C=O) groups excluding carboxylic acids is 1. The second-order valence-corrected chi connectivity index (χ2v) is 9.44. The van der Waals surface area contributed by atoms with Gasteiger partial charge in [0, 0.05) is 46.3 Å². The molecule has 1 amide bonds. The van der Waals surface area contributed by atoms with Crippen molar-refractivity contribution in [3.63, 3.8) is 0 Å². The van der Waals surface area contributed by atoms with E-state index in [4.69, 9.17) is 9.47 Å². The van der Waals surface area contributed by atoms with E-state index in [2.05, 4.69) is 39.3 Å². The molecule has 0 aromatic heterocycles. The van der Waals surface area contributed by atoms with Crippen LogP contribution >= 0.6 is 0 Å². The molecule has 8 heteroatoms. The number of likely N-dealkylation sites (tertiary alicyclic amines) is 1. The zero-order valence-electron chi connectivity index (χ0n) is 19.2. The summed E-state index contributed by atoms with van der Waals surface area (Å²) in [5.74, 6) is 1.85. The largest absolute Gasteiger partial charge is 0.444 e. The number of morpholine rings is 1. The lowest BCUT2D eigenvalue weighted by molar-refractivity contribution is 0.0315. The van der Waals surface area contributed by atoms with Gasteiger partial charge in [0.15, 0.2) is 5.96 Å². The zero-order valence-corrected chi connectivity index (χ0v) is 19.2. The van der Waals surface area contributed by atoms with E-state index in [0.29, 0.717) is 12.5 Å². The minimum Gasteiger partial charge on any atom is -0.444 e. The molecule has 0 bridgehead atoms. The van der Waals surface area contributed by atoms with Crippen molar-refractivity contribution in [2.75, 3.05) is 59.5 Å². The van der Waals surface area contributed by atoms with Crippen LogP contribution in [0.4, 0.5) is 4.79 Å². The first-order valence-electron chi connectivity index (χ1n) is 10.9. The molecule has 2 unspecified atom stereocenters. The minimum atomic E-state index is -0.500. The van der Waals surface area contributed by atoms with Crippen LogP contribution in [-0.2, 0) is 9.47 Å². The summed E-state index contributed by atoms with van der Waals surface area (Å²) in [4.78, 5) is 21.5. The predicted octanol–water partition coefficient (Wildman–Crippen LogP) is 1.77. The van der Waals surface area contributed by atoms with E-state index in [1.54, 1.807) is 0 Å². The molecule has 0 saturated carbocycles.